The standard InChI is InChI=1S/C23H24N4OS/c1-3-16-15-29-23-25-21(19-7-4-5-13-24-19)22(27(16)23)20-8-6-14-26(20)17-9-11-18(28-2)12-10-17/h4-14,16,21-22H,3,15H2,1-2H3/t16-,21-,22-/m1/s1. The van der Waals surface area contributed by atoms with Crippen LogP contribution in [0.25, 0.3) is 5.69 Å². The molecule has 0 bridgehead atoms. The highest BCUT2D eigenvalue weighted by molar-refractivity contribution is 8.14. The number of thioether (sulfide) groups is 1. The van der Waals surface area contributed by atoms with Crippen LogP contribution in [-0.4, -0.2) is 38.5 Å². The van der Waals surface area contributed by atoms with Gasteiger partial charge in [0.15, 0.2) is 5.17 Å². The molecule has 0 N–H and O–H groups in total. The average Bonchev–Trinajstić information content (AvgIpc) is 3.49. The topological polar surface area (TPSA) is 42.6 Å². The van der Waals surface area contributed by atoms with E-state index in [0.717, 1.165) is 34.5 Å². The van der Waals surface area contributed by atoms with Gasteiger partial charge in [-0.2, -0.15) is 0 Å². The number of methoxy groups -OCH3 is 1. The Labute approximate surface area is 175 Å². The summed E-state index contributed by atoms with van der Waals surface area (Å²) in [5.41, 5.74) is 3.39. The molecular weight excluding hydrogens is 380 g/mol. The molecule has 0 aliphatic carbocycles. The Morgan fingerprint density at radius 3 is 2.69 bits per heavy atom. The number of fused-ring (bicyclic) bond motifs is 1. The van der Waals surface area contributed by atoms with Crippen molar-refractivity contribution in [1.82, 2.24) is 14.5 Å². The minimum Gasteiger partial charge on any atom is -0.497 e. The Bertz CT molecular complexity index is 1010. The van der Waals surface area contributed by atoms with Crippen molar-refractivity contribution in [3.63, 3.8) is 0 Å². The summed E-state index contributed by atoms with van der Waals surface area (Å²) in [5, 5.41) is 1.15. The summed E-state index contributed by atoms with van der Waals surface area (Å²) in [4.78, 5) is 12.3. The Kier molecular flexibility index (Phi) is 4.79. The molecule has 0 radical (unpaired) electrons. The van der Waals surface area contributed by atoms with E-state index in [1.54, 1.807) is 7.11 Å². The van der Waals surface area contributed by atoms with Gasteiger partial charge in [-0.25, -0.2) is 0 Å². The summed E-state index contributed by atoms with van der Waals surface area (Å²) >= 11 is 1.87. The van der Waals surface area contributed by atoms with Crippen LogP contribution in [0.3, 0.4) is 0 Å². The molecule has 29 heavy (non-hydrogen) atoms. The van der Waals surface area contributed by atoms with Crippen molar-refractivity contribution in [2.24, 2.45) is 4.99 Å². The van der Waals surface area contributed by atoms with Crippen LogP contribution in [0.4, 0.5) is 0 Å². The molecule has 2 aromatic heterocycles. The summed E-state index contributed by atoms with van der Waals surface area (Å²) in [7, 11) is 1.70. The third-order valence-corrected chi connectivity index (χ3v) is 6.89. The fraction of sp³-hybridized carbons (Fsp3) is 0.304. The first-order valence-electron chi connectivity index (χ1n) is 10.0. The van der Waals surface area contributed by atoms with E-state index in [2.05, 4.69) is 64.0 Å². The number of rotatable bonds is 5. The summed E-state index contributed by atoms with van der Waals surface area (Å²) in [6, 6.07) is 19.3. The Morgan fingerprint density at radius 1 is 1.10 bits per heavy atom. The van der Waals surface area contributed by atoms with Gasteiger partial charge in [-0.3, -0.25) is 9.98 Å². The first kappa shape index (κ1) is 18.3. The largest absolute Gasteiger partial charge is 0.497 e. The van der Waals surface area contributed by atoms with Gasteiger partial charge in [-0.05, 0) is 55.0 Å². The lowest BCUT2D eigenvalue weighted by atomic mass is 9.99. The maximum Gasteiger partial charge on any atom is 0.160 e. The number of nitrogens with zero attached hydrogens (tertiary/aromatic N) is 4. The Morgan fingerprint density at radius 2 is 1.97 bits per heavy atom. The third kappa shape index (κ3) is 3.12. The molecule has 148 valence electrons. The SMILES string of the molecule is CC[C@@H]1CSC2=N[C@H](c3ccccn3)[C@@H](c3cccn3-c3ccc(OC)cc3)N21. The van der Waals surface area contributed by atoms with Crippen LogP contribution in [0.2, 0.25) is 0 Å². The zero-order valence-corrected chi connectivity index (χ0v) is 17.4. The maximum atomic E-state index is 5.33. The number of aliphatic imine (C=N–C) groups is 1. The highest BCUT2D eigenvalue weighted by Gasteiger charge is 2.46. The summed E-state index contributed by atoms with van der Waals surface area (Å²) < 4.78 is 7.60. The third-order valence-electron chi connectivity index (χ3n) is 5.76. The highest BCUT2D eigenvalue weighted by atomic mass is 32.2. The first-order valence-corrected chi connectivity index (χ1v) is 11.0. The minimum absolute atomic E-state index is 0.0000478. The monoisotopic (exact) mass is 404 g/mol. The molecule has 3 aromatic rings. The van der Waals surface area contributed by atoms with Gasteiger partial charge in [-0.1, -0.05) is 24.8 Å². The van der Waals surface area contributed by atoms with E-state index in [0.29, 0.717) is 6.04 Å². The lowest BCUT2D eigenvalue weighted by Crippen LogP contribution is -2.36. The number of aromatic nitrogens is 2. The number of hydrogen-bond acceptors (Lipinski definition) is 5. The first-order chi connectivity index (χ1) is 14.3. The van der Waals surface area contributed by atoms with Crippen LogP contribution in [0.1, 0.15) is 36.8 Å². The van der Waals surface area contributed by atoms with Crippen LogP contribution < -0.4 is 4.74 Å². The Balaban J connectivity index is 1.60. The van der Waals surface area contributed by atoms with Gasteiger partial charge >= 0.3 is 0 Å². The quantitative estimate of drug-likeness (QED) is 0.609. The van der Waals surface area contributed by atoms with E-state index in [1.165, 1.54) is 5.69 Å². The fourth-order valence-electron chi connectivity index (χ4n) is 4.28. The molecule has 3 atom stereocenters. The van der Waals surface area contributed by atoms with Gasteiger partial charge in [0.1, 0.15) is 17.8 Å². The van der Waals surface area contributed by atoms with Crippen molar-refractivity contribution in [3.8, 4) is 11.4 Å². The second-order valence-electron chi connectivity index (χ2n) is 7.34. The molecule has 0 saturated carbocycles. The molecule has 2 aliphatic rings. The molecule has 1 fully saturated rings. The smallest absolute Gasteiger partial charge is 0.160 e. The van der Waals surface area contributed by atoms with Gasteiger partial charge in [0.05, 0.1) is 12.8 Å². The summed E-state index contributed by atoms with van der Waals surface area (Å²) in [5.74, 6) is 1.96. The molecule has 5 rings (SSSR count). The highest BCUT2D eigenvalue weighted by Crippen LogP contribution is 2.48. The van der Waals surface area contributed by atoms with Crippen molar-refractivity contribution in [2.45, 2.75) is 31.5 Å². The van der Waals surface area contributed by atoms with Crippen LogP contribution in [0, 0.1) is 0 Å². The van der Waals surface area contributed by atoms with E-state index in [1.807, 2.05) is 36.2 Å². The fourth-order valence-corrected chi connectivity index (χ4v) is 5.62. The second kappa shape index (κ2) is 7.59. The number of pyridine rings is 1. The predicted molar refractivity (Wildman–Crippen MR) is 118 cm³/mol. The number of hydrogen-bond donors (Lipinski definition) is 0. The lowest BCUT2D eigenvalue weighted by molar-refractivity contribution is 0.249. The Hall–Kier alpha value is -2.73. The van der Waals surface area contributed by atoms with Crippen molar-refractivity contribution in [2.75, 3.05) is 12.9 Å². The van der Waals surface area contributed by atoms with Gasteiger partial charge in [-0.15, -0.1) is 0 Å². The molecule has 6 heteroatoms. The molecule has 0 amide bonds. The zero-order valence-electron chi connectivity index (χ0n) is 16.6. The van der Waals surface area contributed by atoms with E-state index >= 15 is 0 Å². The van der Waals surface area contributed by atoms with Crippen LogP contribution in [0.15, 0.2) is 72.0 Å². The van der Waals surface area contributed by atoms with Crippen LogP contribution in [-0.2, 0) is 0 Å². The second-order valence-corrected chi connectivity index (χ2v) is 8.32. The molecule has 0 unspecified atom stereocenters. The predicted octanol–water partition coefficient (Wildman–Crippen LogP) is 4.86. The van der Waals surface area contributed by atoms with Gasteiger partial charge in [0.25, 0.3) is 0 Å². The molecule has 5 nitrogen and oxygen atoms in total. The van der Waals surface area contributed by atoms with Gasteiger partial charge < -0.3 is 14.2 Å². The lowest BCUT2D eigenvalue weighted by Gasteiger charge is -2.32. The number of benzene rings is 1. The number of amidine groups is 1. The van der Waals surface area contributed by atoms with E-state index in [4.69, 9.17) is 9.73 Å². The molecule has 1 aromatic carbocycles. The van der Waals surface area contributed by atoms with E-state index in [-0.39, 0.29) is 12.1 Å². The van der Waals surface area contributed by atoms with Gasteiger partial charge in [0.2, 0.25) is 0 Å². The van der Waals surface area contributed by atoms with Crippen LogP contribution in [0.5, 0.6) is 5.75 Å². The van der Waals surface area contributed by atoms with Crippen molar-refractivity contribution in [3.05, 3.63) is 78.4 Å². The van der Waals surface area contributed by atoms with E-state index in [9.17, 15) is 0 Å². The van der Waals surface area contributed by atoms with Gasteiger partial charge in [0, 0.05) is 35.6 Å². The summed E-state index contributed by atoms with van der Waals surface area (Å²) in [6.45, 7) is 2.27. The average molecular weight is 405 g/mol. The van der Waals surface area contributed by atoms with E-state index < -0.39 is 0 Å². The minimum atomic E-state index is -0.0000478. The van der Waals surface area contributed by atoms with Crippen LogP contribution >= 0.6 is 11.8 Å². The molecule has 0 spiro atoms. The summed E-state index contributed by atoms with van der Waals surface area (Å²) in [6.07, 6.45) is 5.11. The maximum absolute atomic E-state index is 5.33. The molecular formula is C23H24N4OS. The van der Waals surface area contributed by atoms with Crippen molar-refractivity contribution in [1.29, 1.82) is 0 Å². The van der Waals surface area contributed by atoms with Crippen molar-refractivity contribution >= 4 is 16.9 Å². The zero-order chi connectivity index (χ0) is 19.8. The molecule has 2 aliphatic heterocycles. The molecule has 4 heterocycles. The normalized spacial score (nSPS) is 23.2. The molecule has 1 saturated heterocycles. The number of ether oxygens (including phenoxy) is 1. The van der Waals surface area contributed by atoms with Crippen molar-refractivity contribution < 1.29 is 4.74 Å².